The first kappa shape index (κ1) is 21.4. The maximum Gasteiger partial charge on any atom is 0.290 e. The van der Waals surface area contributed by atoms with Crippen molar-refractivity contribution in [3.05, 3.63) is 77.0 Å². The monoisotopic (exact) mass is 434 g/mol. The highest BCUT2D eigenvalue weighted by molar-refractivity contribution is 7.99. The zero-order valence-electron chi connectivity index (χ0n) is 15.9. The van der Waals surface area contributed by atoms with E-state index in [0.717, 1.165) is 5.69 Å². The van der Waals surface area contributed by atoms with Gasteiger partial charge >= 0.3 is 0 Å². The van der Waals surface area contributed by atoms with Crippen LogP contribution in [0.2, 0.25) is 0 Å². The number of aromatic nitrogens is 2. The lowest BCUT2D eigenvalue weighted by Gasteiger charge is -2.11. The van der Waals surface area contributed by atoms with Gasteiger partial charge in [0.2, 0.25) is 0 Å². The largest absolute Gasteiger partial charge is 0.318 e. The number of nitrogens with zero attached hydrogens (tertiary/aromatic N) is 2. The molecule has 0 radical (unpaired) electrons. The second kappa shape index (κ2) is 9.04. The number of aryl methyl sites for hydroxylation is 1. The Labute approximate surface area is 174 Å². The van der Waals surface area contributed by atoms with E-state index in [1.54, 1.807) is 36.6 Å². The van der Waals surface area contributed by atoms with Crippen molar-refractivity contribution in [3.8, 4) is 5.69 Å². The van der Waals surface area contributed by atoms with Gasteiger partial charge in [-0.25, -0.2) is 9.37 Å². The number of halogens is 3. The third-order valence-corrected chi connectivity index (χ3v) is 4.99. The Morgan fingerprint density at radius 2 is 1.67 bits per heavy atom. The molecule has 0 unspecified atom stereocenters. The van der Waals surface area contributed by atoms with Crippen molar-refractivity contribution in [2.45, 2.75) is 24.6 Å². The van der Waals surface area contributed by atoms with Crippen LogP contribution in [0.4, 0.5) is 13.2 Å². The molecule has 10 heteroatoms. The maximum atomic E-state index is 13.2. The van der Waals surface area contributed by atoms with Gasteiger partial charge in [0, 0.05) is 23.3 Å². The Hall–Kier alpha value is -3.27. The Kier molecular flexibility index (Phi) is 6.46. The molecule has 0 saturated carbocycles. The van der Waals surface area contributed by atoms with Gasteiger partial charge in [0.1, 0.15) is 10.8 Å². The van der Waals surface area contributed by atoms with Crippen molar-refractivity contribution in [1.29, 1.82) is 0 Å². The van der Waals surface area contributed by atoms with E-state index in [1.807, 2.05) is 0 Å². The molecule has 2 amide bonds. The standard InChI is InChI=1S/C20H17F3N4O2S/c1-11-10-16(12(2)27(11)14-7-5-13(21)6-8-14)18(29)26-25-17(28)15-4-3-9-24-19(15)30-20(22)23/h3-10,20H,1-2H3,(H,25,28)(H,26,29). The van der Waals surface area contributed by atoms with Crippen molar-refractivity contribution >= 4 is 23.6 Å². The predicted octanol–water partition coefficient (Wildman–Crippen LogP) is 4.02. The van der Waals surface area contributed by atoms with Gasteiger partial charge in [-0.15, -0.1) is 0 Å². The van der Waals surface area contributed by atoms with Crippen LogP contribution in [0.15, 0.2) is 53.7 Å². The number of carbonyl (C=O) groups excluding carboxylic acids is 2. The fourth-order valence-corrected chi connectivity index (χ4v) is 3.55. The normalized spacial score (nSPS) is 10.9. The zero-order chi connectivity index (χ0) is 21.8. The van der Waals surface area contributed by atoms with Crippen LogP contribution in [0, 0.1) is 19.7 Å². The molecular formula is C20H17F3N4O2S. The summed E-state index contributed by atoms with van der Waals surface area (Å²) >= 11 is 0.142. The average Bonchev–Trinajstić information content (AvgIpc) is 3.01. The first-order valence-corrected chi connectivity index (χ1v) is 9.61. The summed E-state index contributed by atoms with van der Waals surface area (Å²) in [6.07, 6.45) is 1.30. The molecule has 0 aliphatic rings. The van der Waals surface area contributed by atoms with Crippen LogP contribution in [0.5, 0.6) is 0 Å². The van der Waals surface area contributed by atoms with Crippen LogP contribution in [0.25, 0.3) is 5.69 Å². The summed E-state index contributed by atoms with van der Waals surface area (Å²) < 4.78 is 40.3. The third-order valence-electron chi connectivity index (χ3n) is 4.27. The molecule has 0 aliphatic heterocycles. The minimum Gasteiger partial charge on any atom is -0.318 e. The summed E-state index contributed by atoms with van der Waals surface area (Å²) in [4.78, 5) is 28.7. The number of amides is 2. The first-order valence-electron chi connectivity index (χ1n) is 8.73. The summed E-state index contributed by atoms with van der Waals surface area (Å²) in [6, 6.07) is 10.2. The molecule has 0 spiro atoms. The van der Waals surface area contributed by atoms with Gasteiger partial charge in [0.05, 0.1) is 11.1 Å². The van der Waals surface area contributed by atoms with Gasteiger partial charge in [0.25, 0.3) is 17.6 Å². The van der Waals surface area contributed by atoms with Gasteiger partial charge in [-0.1, -0.05) is 0 Å². The van der Waals surface area contributed by atoms with E-state index in [-0.39, 0.29) is 28.2 Å². The van der Waals surface area contributed by atoms with E-state index in [0.29, 0.717) is 16.9 Å². The zero-order valence-corrected chi connectivity index (χ0v) is 16.8. The summed E-state index contributed by atoms with van der Waals surface area (Å²) in [7, 11) is 0. The van der Waals surface area contributed by atoms with Crippen molar-refractivity contribution < 1.29 is 22.8 Å². The second-order valence-electron chi connectivity index (χ2n) is 6.24. The minimum atomic E-state index is -2.74. The minimum absolute atomic E-state index is 0.0834. The third kappa shape index (κ3) is 4.65. The summed E-state index contributed by atoms with van der Waals surface area (Å²) in [5.41, 5.74) is 6.71. The molecule has 0 aliphatic carbocycles. The van der Waals surface area contributed by atoms with E-state index in [9.17, 15) is 22.8 Å². The fraction of sp³-hybridized carbons (Fsp3) is 0.150. The molecule has 2 aromatic heterocycles. The summed E-state index contributed by atoms with van der Waals surface area (Å²) in [5.74, 6) is -4.47. The summed E-state index contributed by atoms with van der Waals surface area (Å²) in [6.45, 7) is 3.50. The number of benzene rings is 1. The Morgan fingerprint density at radius 3 is 2.30 bits per heavy atom. The number of hydrogen-bond acceptors (Lipinski definition) is 4. The lowest BCUT2D eigenvalue weighted by atomic mass is 10.2. The molecule has 3 aromatic rings. The lowest BCUT2D eigenvalue weighted by Crippen LogP contribution is -2.42. The Bertz CT molecular complexity index is 1080. The highest BCUT2D eigenvalue weighted by Crippen LogP contribution is 2.26. The predicted molar refractivity (Wildman–Crippen MR) is 106 cm³/mol. The first-order chi connectivity index (χ1) is 14.3. The Morgan fingerprint density at radius 1 is 1.03 bits per heavy atom. The second-order valence-corrected chi connectivity index (χ2v) is 7.22. The topological polar surface area (TPSA) is 76.0 Å². The molecule has 3 rings (SSSR count). The average molecular weight is 434 g/mol. The molecule has 1 aromatic carbocycles. The van der Waals surface area contributed by atoms with Crippen LogP contribution in [0.1, 0.15) is 32.1 Å². The lowest BCUT2D eigenvalue weighted by molar-refractivity contribution is 0.0844. The number of pyridine rings is 1. The molecule has 30 heavy (non-hydrogen) atoms. The SMILES string of the molecule is Cc1cc(C(=O)NNC(=O)c2cccnc2SC(F)F)c(C)n1-c1ccc(F)cc1. The molecular weight excluding hydrogens is 417 g/mol. The number of nitrogens with one attached hydrogen (secondary N) is 2. The van der Waals surface area contributed by atoms with Gasteiger partial charge < -0.3 is 4.57 Å². The van der Waals surface area contributed by atoms with Crippen LogP contribution >= 0.6 is 11.8 Å². The molecule has 0 saturated heterocycles. The number of rotatable bonds is 5. The fourth-order valence-electron chi connectivity index (χ4n) is 2.97. The maximum absolute atomic E-state index is 13.2. The van der Waals surface area contributed by atoms with Crippen LogP contribution in [-0.4, -0.2) is 27.1 Å². The molecule has 0 atom stereocenters. The van der Waals surface area contributed by atoms with Crippen LogP contribution in [-0.2, 0) is 0 Å². The molecule has 156 valence electrons. The van der Waals surface area contributed by atoms with Crippen LogP contribution < -0.4 is 10.9 Å². The molecule has 2 heterocycles. The van der Waals surface area contributed by atoms with Gasteiger partial charge in [-0.05, 0) is 68.1 Å². The number of hydrogen-bond donors (Lipinski definition) is 2. The number of thioether (sulfide) groups is 1. The van der Waals surface area contributed by atoms with E-state index < -0.39 is 17.6 Å². The van der Waals surface area contributed by atoms with E-state index in [2.05, 4.69) is 15.8 Å². The molecule has 6 nitrogen and oxygen atoms in total. The van der Waals surface area contributed by atoms with E-state index >= 15 is 0 Å². The van der Waals surface area contributed by atoms with E-state index in [4.69, 9.17) is 0 Å². The molecule has 2 N–H and O–H groups in total. The number of hydrazine groups is 1. The van der Waals surface area contributed by atoms with E-state index in [1.165, 1.54) is 30.5 Å². The van der Waals surface area contributed by atoms with Crippen LogP contribution in [0.3, 0.4) is 0 Å². The highest BCUT2D eigenvalue weighted by atomic mass is 32.2. The molecule has 0 bridgehead atoms. The van der Waals surface area contributed by atoms with Gasteiger partial charge in [0.15, 0.2) is 0 Å². The van der Waals surface area contributed by atoms with Crippen molar-refractivity contribution in [3.63, 3.8) is 0 Å². The van der Waals surface area contributed by atoms with Crippen molar-refractivity contribution in [1.82, 2.24) is 20.4 Å². The number of carbonyl (C=O) groups is 2. The van der Waals surface area contributed by atoms with Crippen molar-refractivity contribution in [2.24, 2.45) is 0 Å². The Balaban J connectivity index is 1.75. The van der Waals surface area contributed by atoms with Crippen molar-refractivity contribution in [2.75, 3.05) is 0 Å². The smallest absolute Gasteiger partial charge is 0.290 e. The number of alkyl halides is 2. The summed E-state index contributed by atoms with van der Waals surface area (Å²) in [5, 5.41) is -0.145. The quantitative estimate of drug-likeness (QED) is 0.470. The highest BCUT2D eigenvalue weighted by Gasteiger charge is 2.20. The van der Waals surface area contributed by atoms with Gasteiger partial charge in [-0.2, -0.15) is 8.78 Å². The molecule has 0 fully saturated rings. The van der Waals surface area contributed by atoms with Gasteiger partial charge in [-0.3, -0.25) is 20.4 Å².